The molecule has 0 bridgehead atoms. The van der Waals surface area contributed by atoms with E-state index in [9.17, 15) is 9.59 Å². The zero-order valence-electron chi connectivity index (χ0n) is 8.53. The molecule has 0 spiro atoms. The SMILES string of the molecule is CN1CC(=O)N(CCCCCN)C1=O. The molecule has 0 atom stereocenters. The number of carbonyl (C=O) groups is 2. The summed E-state index contributed by atoms with van der Waals surface area (Å²) in [5.41, 5.74) is 5.34. The number of nitrogens with zero attached hydrogens (tertiary/aromatic N) is 2. The Bertz CT molecular complexity index is 230. The minimum absolute atomic E-state index is 0.0924. The van der Waals surface area contributed by atoms with Gasteiger partial charge >= 0.3 is 6.03 Å². The van der Waals surface area contributed by atoms with Gasteiger partial charge in [0.2, 0.25) is 5.91 Å². The third-order valence-corrected chi connectivity index (χ3v) is 2.32. The summed E-state index contributed by atoms with van der Waals surface area (Å²) in [7, 11) is 1.64. The standard InChI is InChI=1S/C9H17N3O2/c1-11-7-8(13)12(9(11)14)6-4-2-3-5-10/h2-7,10H2,1H3. The third kappa shape index (κ3) is 2.45. The van der Waals surface area contributed by atoms with Gasteiger partial charge < -0.3 is 10.6 Å². The molecule has 1 saturated heterocycles. The predicted octanol–water partition coefficient (Wildman–Crippen LogP) is 0.00940. The first-order chi connectivity index (χ1) is 6.66. The molecule has 0 saturated carbocycles. The number of urea groups is 1. The quantitative estimate of drug-likeness (QED) is 0.501. The van der Waals surface area contributed by atoms with Gasteiger partial charge in [-0.25, -0.2) is 4.79 Å². The van der Waals surface area contributed by atoms with E-state index < -0.39 is 0 Å². The lowest BCUT2D eigenvalue weighted by atomic mass is 10.2. The van der Waals surface area contributed by atoms with E-state index in [1.807, 2.05) is 0 Å². The number of imide groups is 1. The molecule has 1 aliphatic heterocycles. The van der Waals surface area contributed by atoms with E-state index >= 15 is 0 Å². The van der Waals surface area contributed by atoms with Crippen LogP contribution < -0.4 is 5.73 Å². The monoisotopic (exact) mass is 199 g/mol. The summed E-state index contributed by atoms with van der Waals surface area (Å²) in [6.07, 6.45) is 2.77. The van der Waals surface area contributed by atoms with E-state index in [0.29, 0.717) is 13.1 Å². The Labute approximate surface area is 83.8 Å². The van der Waals surface area contributed by atoms with Crippen molar-refractivity contribution in [3.8, 4) is 0 Å². The summed E-state index contributed by atoms with van der Waals surface area (Å²) < 4.78 is 0. The van der Waals surface area contributed by atoms with Gasteiger partial charge in [0.1, 0.15) is 6.54 Å². The van der Waals surface area contributed by atoms with E-state index in [1.165, 1.54) is 9.80 Å². The van der Waals surface area contributed by atoms with Crippen LogP contribution in [0, 0.1) is 0 Å². The summed E-state index contributed by atoms with van der Waals surface area (Å²) in [5.74, 6) is -0.0924. The van der Waals surface area contributed by atoms with Gasteiger partial charge in [-0.3, -0.25) is 9.69 Å². The topological polar surface area (TPSA) is 66.6 Å². The molecule has 0 unspecified atom stereocenters. The summed E-state index contributed by atoms with van der Waals surface area (Å²) in [4.78, 5) is 25.4. The number of unbranched alkanes of at least 4 members (excludes halogenated alkanes) is 2. The molecule has 1 heterocycles. The highest BCUT2D eigenvalue weighted by Gasteiger charge is 2.32. The lowest BCUT2D eigenvalue weighted by Gasteiger charge is -2.13. The van der Waals surface area contributed by atoms with Crippen LogP contribution in [0.4, 0.5) is 4.79 Å². The Morgan fingerprint density at radius 1 is 1.29 bits per heavy atom. The third-order valence-electron chi connectivity index (χ3n) is 2.32. The number of hydrogen-bond acceptors (Lipinski definition) is 3. The number of nitrogens with two attached hydrogens (primary N) is 1. The minimum atomic E-state index is -0.178. The molecule has 0 aromatic heterocycles. The number of likely N-dealkylation sites (N-methyl/N-ethyl adjacent to an activating group) is 1. The highest BCUT2D eigenvalue weighted by Crippen LogP contribution is 2.09. The molecule has 0 aromatic rings. The molecular formula is C9H17N3O2. The Morgan fingerprint density at radius 3 is 2.50 bits per heavy atom. The van der Waals surface area contributed by atoms with Crippen LogP contribution >= 0.6 is 0 Å². The van der Waals surface area contributed by atoms with Gasteiger partial charge in [-0.1, -0.05) is 6.42 Å². The van der Waals surface area contributed by atoms with E-state index in [0.717, 1.165) is 19.3 Å². The average Bonchev–Trinajstić information content (AvgIpc) is 2.38. The molecule has 0 aliphatic carbocycles. The van der Waals surface area contributed by atoms with Crippen molar-refractivity contribution in [1.82, 2.24) is 9.80 Å². The van der Waals surface area contributed by atoms with Crippen LogP contribution in [0.5, 0.6) is 0 Å². The fraction of sp³-hybridized carbons (Fsp3) is 0.778. The van der Waals surface area contributed by atoms with Gasteiger partial charge in [-0.05, 0) is 19.4 Å². The second kappa shape index (κ2) is 4.95. The maximum atomic E-state index is 11.4. The van der Waals surface area contributed by atoms with Crippen LogP contribution in [0.25, 0.3) is 0 Å². The summed E-state index contributed by atoms with van der Waals surface area (Å²) in [6, 6.07) is -0.178. The van der Waals surface area contributed by atoms with Crippen molar-refractivity contribution in [2.45, 2.75) is 19.3 Å². The Kier molecular flexibility index (Phi) is 3.88. The summed E-state index contributed by atoms with van der Waals surface area (Å²) in [6.45, 7) is 1.42. The molecule has 1 fully saturated rings. The fourth-order valence-corrected chi connectivity index (χ4v) is 1.48. The smallest absolute Gasteiger partial charge is 0.326 e. The van der Waals surface area contributed by atoms with E-state index in [1.54, 1.807) is 7.05 Å². The molecule has 2 N–H and O–H groups in total. The zero-order valence-corrected chi connectivity index (χ0v) is 8.53. The summed E-state index contributed by atoms with van der Waals surface area (Å²) >= 11 is 0. The molecule has 0 radical (unpaired) electrons. The van der Waals surface area contributed by atoms with Crippen molar-refractivity contribution in [3.63, 3.8) is 0 Å². The van der Waals surface area contributed by atoms with Crippen molar-refractivity contribution in [2.24, 2.45) is 5.73 Å². The first-order valence-corrected chi connectivity index (χ1v) is 4.92. The normalized spacial score (nSPS) is 17.0. The molecule has 80 valence electrons. The largest absolute Gasteiger partial charge is 0.330 e. The highest BCUT2D eigenvalue weighted by atomic mass is 16.2. The minimum Gasteiger partial charge on any atom is -0.330 e. The van der Waals surface area contributed by atoms with Crippen LogP contribution in [-0.4, -0.2) is 48.4 Å². The lowest BCUT2D eigenvalue weighted by Crippen LogP contribution is -2.32. The number of hydrogen-bond donors (Lipinski definition) is 1. The molecule has 5 nitrogen and oxygen atoms in total. The molecule has 0 aromatic carbocycles. The average molecular weight is 199 g/mol. The molecular weight excluding hydrogens is 182 g/mol. The predicted molar refractivity (Wildman–Crippen MR) is 52.6 cm³/mol. The van der Waals surface area contributed by atoms with Gasteiger partial charge in [-0.2, -0.15) is 0 Å². The maximum Gasteiger partial charge on any atom is 0.326 e. The first kappa shape index (κ1) is 11.0. The van der Waals surface area contributed by atoms with Crippen molar-refractivity contribution < 1.29 is 9.59 Å². The van der Waals surface area contributed by atoms with Crippen molar-refractivity contribution >= 4 is 11.9 Å². The Morgan fingerprint density at radius 2 is 2.00 bits per heavy atom. The van der Waals surface area contributed by atoms with E-state index in [2.05, 4.69) is 0 Å². The second-order valence-corrected chi connectivity index (χ2v) is 3.53. The Balaban J connectivity index is 2.30. The molecule has 3 amide bonds. The zero-order chi connectivity index (χ0) is 10.6. The van der Waals surface area contributed by atoms with Crippen LogP contribution in [0.3, 0.4) is 0 Å². The highest BCUT2D eigenvalue weighted by molar-refractivity contribution is 6.01. The molecule has 5 heteroatoms. The van der Waals surface area contributed by atoms with Gasteiger partial charge in [0.25, 0.3) is 0 Å². The van der Waals surface area contributed by atoms with Gasteiger partial charge in [-0.15, -0.1) is 0 Å². The Hall–Kier alpha value is -1.10. The second-order valence-electron chi connectivity index (χ2n) is 3.53. The fourth-order valence-electron chi connectivity index (χ4n) is 1.48. The van der Waals surface area contributed by atoms with Crippen LogP contribution in [-0.2, 0) is 4.79 Å². The van der Waals surface area contributed by atoms with Crippen molar-refractivity contribution in [1.29, 1.82) is 0 Å². The number of amides is 3. The molecule has 14 heavy (non-hydrogen) atoms. The van der Waals surface area contributed by atoms with E-state index in [4.69, 9.17) is 5.73 Å². The van der Waals surface area contributed by atoms with Gasteiger partial charge in [0, 0.05) is 13.6 Å². The van der Waals surface area contributed by atoms with E-state index in [-0.39, 0.29) is 18.5 Å². The lowest BCUT2D eigenvalue weighted by molar-refractivity contribution is -0.125. The number of carbonyl (C=O) groups excluding carboxylic acids is 2. The van der Waals surface area contributed by atoms with Crippen LogP contribution in [0.1, 0.15) is 19.3 Å². The van der Waals surface area contributed by atoms with Gasteiger partial charge in [0.15, 0.2) is 0 Å². The molecule has 1 aliphatic rings. The van der Waals surface area contributed by atoms with Crippen molar-refractivity contribution in [2.75, 3.05) is 26.7 Å². The first-order valence-electron chi connectivity index (χ1n) is 4.92. The van der Waals surface area contributed by atoms with Gasteiger partial charge in [0.05, 0.1) is 0 Å². The maximum absolute atomic E-state index is 11.4. The van der Waals surface area contributed by atoms with Crippen LogP contribution in [0.2, 0.25) is 0 Å². The summed E-state index contributed by atoms with van der Waals surface area (Å²) in [5, 5.41) is 0. The van der Waals surface area contributed by atoms with Crippen LogP contribution in [0.15, 0.2) is 0 Å². The number of rotatable bonds is 5. The molecule has 1 rings (SSSR count). The van der Waals surface area contributed by atoms with Crippen molar-refractivity contribution in [3.05, 3.63) is 0 Å².